The summed E-state index contributed by atoms with van der Waals surface area (Å²) in [4.78, 5) is 38.2. The predicted molar refractivity (Wildman–Crippen MR) is 116 cm³/mol. The van der Waals surface area contributed by atoms with Gasteiger partial charge in [0.05, 0.1) is 17.4 Å². The van der Waals surface area contributed by atoms with Crippen molar-refractivity contribution >= 4 is 29.5 Å². The van der Waals surface area contributed by atoms with Crippen molar-refractivity contribution in [2.24, 2.45) is 0 Å². The van der Waals surface area contributed by atoms with Crippen LogP contribution in [0, 0.1) is 0 Å². The van der Waals surface area contributed by atoms with Crippen LogP contribution in [0.1, 0.15) is 46.1 Å². The molecule has 1 aliphatic rings. The number of hydrazine groups is 1. The molecule has 0 radical (unpaired) electrons. The van der Waals surface area contributed by atoms with E-state index in [1.165, 1.54) is 34.9 Å². The van der Waals surface area contributed by atoms with E-state index in [9.17, 15) is 19.5 Å². The van der Waals surface area contributed by atoms with Crippen LogP contribution in [0.25, 0.3) is 0 Å². The van der Waals surface area contributed by atoms with Gasteiger partial charge in [-0.05, 0) is 37.7 Å². The monoisotopic (exact) mass is 434 g/mol. The second-order valence-electron chi connectivity index (χ2n) is 7.43. The summed E-state index contributed by atoms with van der Waals surface area (Å²) >= 11 is 1.40. The van der Waals surface area contributed by atoms with Gasteiger partial charge in [-0.3, -0.25) is 9.59 Å². The van der Waals surface area contributed by atoms with Crippen LogP contribution in [0.5, 0.6) is 0 Å². The van der Waals surface area contributed by atoms with Gasteiger partial charge in [0.1, 0.15) is 0 Å². The van der Waals surface area contributed by atoms with Gasteiger partial charge in [0.15, 0.2) is 6.10 Å². The van der Waals surface area contributed by atoms with Crippen LogP contribution >= 0.6 is 11.8 Å². The SMILES string of the molecule is CCCC1SC=CN(N(C(C)=O)[C@@H](Cc2ccccc2)C(O)C(=O)OC(C)C)C1=O. The number of aliphatic hydroxyl groups is 1. The summed E-state index contributed by atoms with van der Waals surface area (Å²) in [5.41, 5.74) is 0.818. The number of nitrogens with zero attached hydrogens (tertiary/aromatic N) is 2. The molecule has 7 nitrogen and oxygen atoms in total. The Morgan fingerprint density at radius 3 is 2.50 bits per heavy atom. The molecule has 1 N–H and O–H groups in total. The largest absolute Gasteiger partial charge is 0.461 e. The zero-order valence-corrected chi connectivity index (χ0v) is 18.7. The molecule has 0 spiro atoms. The highest BCUT2D eigenvalue weighted by atomic mass is 32.2. The van der Waals surface area contributed by atoms with Crippen molar-refractivity contribution in [3.63, 3.8) is 0 Å². The normalized spacial score (nSPS) is 18.3. The number of aliphatic hydroxyl groups excluding tert-OH is 1. The number of rotatable bonds is 9. The Labute approximate surface area is 182 Å². The second kappa shape index (κ2) is 11.2. The van der Waals surface area contributed by atoms with Crippen LogP contribution in [-0.2, 0) is 25.5 Å². The number of carbonyl (C=O) groups is 3. The Morgan fingerprint density at radius 1 is 1.27 bits per heavy atom. The third kappa shape index (κ3) is 6.09. The summed E-state index contributed by atoms with van der Waals surface area (Å²) < 4.78 is 5.18. The van der Waals surface area contributed by atoms with Crippen molar-refractivity contribution < 1.29 is 24.2 Å². The standard InChI is InChI=1S/C22H30N2O5S/c1-5-9-19-21(27)23(12-13-30-19)24(16(4)25)18(14-17-10-7-6-8-11-17)20(26)22(28)29-15(2)3/h6-8,10-13,15,18-20,26H,5,9,14H2,1-4H3/t18-,19?,20?/m0/s1. The minimum atomic E-state index is -1.61. The number of ether oxygens (including phenoxy) is 1. The molecule has 0 saturated heterocycles. The second-order valence-corrected chi connectivity index (χ2v) is 8.55. The summed E-state index contributed by atoms with van der Waals surface area (Å²) in [6.45, 7) is 6.67. The van der Waals surface area contributed by atoms with Gasteiger partial charge in [-0.15, -0.1) is 11.8 Å². The lowest BCUT2D eigenvalue weighted by molar-refractivity contribution is -0.176. The Bertz CT molecular complexity index is 768. The highest BCUT2D eigenvalue weighted by Crippen LogP contribution is 2.28. The summed E-state index contributed by atoms with van der Waals surface area (Å²) in [6, 6.07) is 8.21. The highest BCUT2D eigenvalue weighted by molar-refractivity contribution is 8.03. The number of hydrogen-bond acceptors (Lipinski definition) is 6. The van der Waals surface area contributed by atoms with E-state index in [1.807, 2.05) is 37.3 Å². The maximum atomic E-state index is 13.1. The quantitative estimate of drug-likeness (QED) is 0.602. The first-order chi connectivity index (χ1) is 14.3. The van der Waals surface area contributed by atoms with E-state index in [0.29, 0.717) is 6.42 Å². The number of amides is 2. The molecule has 0 saturated carbocycles. The summed E-state index contributed by atoms with van der Waals surface area (Å²) in [6.07, 6.45) is 1.14. The van der Waals surface area contributed by atoms with Crippen LogP contribution in [0.3, 0.4) is 0 Å². The number of esters is 1. The lowest BCUT2D eigenvalue weighted by Gasteiger charge is -2.41. The molecule has 0 aliphatic carbocycles. The van der Waals surface area contributed by atoms with Crippen LogP contribution in [0.15, 0.2) is 41.9 Å². The molecule has 0 aromatic heterocycles. The van der Waals surface area contributed by atoms with Gasteiger partial charge in [-0.25, -0.2) is 14.8 Å². The van der Waals surface area contributed by atoms with Gasteiger partial charge in [0, 0.05) is 13.1 Å². The van der Waals surface area contributed by atoms with Gasteiger partial charge >= 0.3 is 5.97 Å². The fourth-order valence-electron chi connectivity index (χ4n) is 3.29. The summed E-state index contributed by atoms with van der Waals surface area (Å²) in [7, 11) is 0. The van der Waals surface area contributed by atoms with E-state index in [2.05, 4.69) is 0 Å². The molecule has 8 heteroatoms. The van der Waals surface area contributed by atoms with E-state index in [1.54, 1.807) is 19.3 Å². The molecule has 2 rings (SSSR count). The lowest BCUT2D eigenvalue weighted by Crippen LogP contribution is -2.59. The molecule has 1 aromatic carbocycles. The summed E-state index contributed by atoms with van der Waals surface area (Å²) in [5.74, 6) is -1.53. The maximum Gasteiger partial charge on any atom is 0.337 e. The molecule has 3 atom stereocenters. The first-order valence-electron chi connectivity index (χ1n) is 10.1. The van der Waals surface area contributed by atoms with Crippen molar-refractivity contribution in [1.29, 1.82) is 0 Å². The lowest BCUT2D eigenvalue weighted by atomic mass is 10.00. The van der Waals surface area contributed by atoms with Crippen molar-refractivity contribution in [3.8, 4) is 0 Å². The summed E-state index contributed by atoms with van der Waals surface area (Å²) in [5, 5.41) is 14.7. The molecule has 2 amide bonds. The van der Waals surface area contributed by atoms with Crippen molar-refractivity contribution in [2.75, 3.05) is 0 Å². The van der Waals surface area contributed by atoms with Crippen molar-refractivity contribution in [2.45, 2.75) is 70.5 Å². The Morgan fingerprint density at radius 2 is 1.93 bits per heavy atom. The molecule has 0 bridgehead atoms. The minimum absolute atomic E-state index is 0.179. The molecular formula is C22H30N2O5S. The first kappa shape index (κ1) is 24.0. The third-order valence-corrected chi connectivity index (χ3v) is 5.66. The van der Waals surface area contributed by atoms with Crippen molar-refractivity contribution in [1.82, 2.24) is 10.0 Å². The van der Waals surface area contributed by atoms with Gasteiger partial charge in [-0.2, -0.15) is 0 Å². The maximum absolute atomic E-state index is 13.1. The molecule has 30 heavy (non-hydrogen) atoms. The van der Waals surface area contributed by atoms with Crippen LogP contribution in [-0.4, -0.2) is 56.4 Å². The molecule has 164 valence electrons. The molecule has 1 heterocycles. The average Bonchev–Trinajstić information content (AvgIpc) is 2.69. The Balaban J connectivity index is 2.42. The van der Waals surface area contributed by atoms with Gasteiger partial charge < -0.3 is 9.84 Å². The Hall–Kier alpha value is -2.32. The van der Waals surface area contributed by atoms with Crippen LogP contribution in [0.2, 0.25) is 0 Å². The van der Waals surface area contributed by atoms with Gasteiger partial charge in [0.2, 0.25) is 5.91 Å². The minimum Gasteiger partial charge on any atom is -0.461 e. The average molecular weight is 435 g/mol. The highest BCUT2D eigenvalue weighted by Gasteiger charge is 2.41. The fraction of sp³-hybridized carbons (Fsp3) is 0.500. The number of carbonyl (C=O) groups excluding carboxylic acids is 3. The van der Waals surface area contributed by atoms with Crippen molar-refractivity contribution in [3.05, 3.63) is 47.5 Å². The van der Waals surface area contributed by atoms with Gasteiger partial charge in [0.25, 0.3) is 5.91 Å². The fourth-order valence-corrected chi connectivity index (χ4v) is 4.26. The number of hydrogen-bond donors (Lipinski definition) is 1. The zero-order chi connectivity index (χ0) is 22.3. The molecule has 0 fully saturated rings. The molecule has 1 aromatic rings. The molecule has 1 aliphatic heterocycles. The smallest absolute Gasteiger partial charge is 0.337 e. The number of thioether (sulfide) groups is 1. The van der Waals surface area contributed by atoms with E-state index < -0.39 is 30.1 Å². The predicted octanol–water partition coefficient (Wildman–Crippen LogP) is 2.89. The topological polar surface area (TPSA) is 87.2 Å². The van der Waals surface area contributed by atoms with Gasteiger partial charge in [-0.1, -0.05) is 43.7 Å². The molecule has 2 unspecified atom stereocenters. The zero-order valence-electron chi connectivity index (χ0n) is 17.9. The van der Waals surface area contributed by atoms with Crippen LogP contribution in [0.4, 0.5) is 0 Å². The van der Waals surface area contributed by atoms with E-state index >= 15 is 0 Å². The van der Waals surface area contributed by atoms with E-state index in [4.69, 9.17) is 4.74 Å². The third-order valence-electron chi connectivity index (χ3n) is 4.61. The molecular weight excluding hydrogens is 404 g/mol. The van der Waals surface area contributed by atoms with E-state index in [-0.39, 0.29) is 17.6 Å². The Kier molecular flexibility index (Phi) is 8.92. The van der Waals surface area contributed by atoms with Crippen LogP contribution < -0.4 is 0 Å². The number of benzene rings is 1. The van der Waals surface area contributed by atoms with E-state index in [0.717, 1.165) is 12.0 Å². The first-order valence-corrected chi connectivity index (χ1v) is 11.1.